The Kier molecular flexibility index (Phi) is 7.20. The molecule has 1 aromatic rings. The van der Waals surface area contributed by atoms with E-state index in [0.29, 0.717) is 35.6 Å². The predicted molar refractivity (Wildman–Crippen MR) is 116 cm³/mol. The minimum Gasteiger partial charge on any atom is -0.461 e. The van der Waals surface area contributed by atoms with Crippen LogP contribution in [-0.2, 0) is 14.3 Å². The van der Waals surface area contributed by atoms with Crippen molar-refractivity contribution in [2.75, 3.05) is 18.1 Å². The predicted octanol–water partition coefficient (Wildman–Crippen LogP) is 4.37. The fourth-order valence-electron chi connectivity index (χ4n) is 3.92. The van der Waals surface area contributed by atoms with E-state index in [0.717, 1.165) is 5.75 Å². The van der Waals surface area contributed by atoms with Crippen molar-refractivity contribution < 1.29 is 19.2 Å². The zero-order valence-electron chi connectivity index (χ0n) is 16.8. The number of nitro groups is 1. The molecule has 0 radical (unpaired) electrons. The number of non-ortho nitro benzene ring substituents is 1. The highest BCUT2D eigenvalue weighted by atomic mass is 35.5. The second-order valence-electron chi connectivity index (χ2n) is 7.08. The van der Waals surface area contributed by atoms with Crippen LogP contribution in [0.4, 0.5) is 5.69 Å². The second-order valence-corrected chi connectivity index (χ2v) is 8.88. The average Bonchev–Trinajstić information content (AvgIpc) is 2.70. The van der Waals surface area contributed by atoms with E-state index in [9.17, 15) is 19.7 Å². The van der Waals surface area contributed by atoms with Crippen LogP contribution in [0.2, 0.25) is 5.02 Å². The van der Waals surface area contributed by atoms with Gasteiger partial charge in [-0.2, -0.15) is 11.8 Å². The van der Waals surface area contributed by atoms with Crippen LogP contribution in [0.1, 0.15) is 38.2 Å². The zero-order chi connectivity index (χ0) is 21.8. The molecule has 9 heteroatoms. The quantitative estimate of drug-likeness (QED) is 0.285. The molecule has 7 nitrogen and oxygen atoms in total. The number of Topliss-reactive ketones (excluding diaryl/α,β-unsaturated/α-hetero) is 1. The normalized spacial score (nSPS) is 20.9. The topological polar surface area (TPSA) is 98.5 Å². The monoisotopic (exact) mass is 450 g/mol. The molecule has 1 aromatic carbocycles. The SMILES string of the molecule is CCSCCOC(=O)C1=C(C)NC2=CCCC(=O)C2C1c1cc([N+](=O)[O-])ccc1Cl. The number of nitrogens with zero attached hydrogens (tertiary/aromatic N) is 1. The Morgan fingerprint density at radius 1 is 1.40 bits per heavy atom. The van der Waals surface area contributed by atoms with Gasteiger partial charge in [-0.05, 0) is 30.7 Å². The largest absolute Gasteiger partial charge is 0.461 e. The Morgan fingerprint density at radius 3 is 2.87 bits per heavy atom. The lowest BCUT2D eigenvalue weighted by atomic mass is 9.71. The first-order valence-electron chi connectivity index (χ1n) is 9.74. The van der Waals surface area contributed by atoms with Gasteiger partial charge in [0.15, 0.2) is 0 Å². The summed E-state index contributed by atoms with van der Waals surface area (Å²) in [7, 11) is 0. The Hall–Kier alpha value is -2.32. The van der Waals surface area contributed by atoms with Gasteiger partial charge in [-0.15, -0.1) is 0 Å². The third kappa shape index (κ3) is 4.54. The summed E-state index contributed by atoms with van der Waals surface area (Å²) in [4.78, 5) is 36.7. The summed E-state index contributed by atoms with van der Waals surface area (Å²) in [6.07, 6.45) is 2.88. The number of esters is 1. The van der Waals surface area contributed by atoms with Crippen molar-refractivity contribution in [1.82, 2.24) is 5.32 Å². The standard InChI is InChI=1S/C21H23ClN2O5S/c1-3-30-10-9-29-21(26)18-12(2)23-16-5-4-6-17(25)20(16)19(18)14-11-13(24(27)28)7-8-15(14)22/h5,7-8,11,19-20,23H,3-4,6,9-10H2,1-2H3. The molecule has 0 bridgehead atoms. The van der Waals surface area contributed by atoms with E-state index in [-0.39, 0.29) is 28.7 Å². The first-order valence-corrected chi connectivity index (χ1v) is 11.3. The number of thioether (sulfide) groups is 1. The van der Waals surface area contributed by atoms with Crippen LogP contribution in [0, 0.1) is 16.0 Å². The van der Waals surface area contributed by atoms with E-state index in [1.165, 1.54) is 18.2 Å². The van der Waals surface area contributed by atoms with Gasteiger partial charge in [0, 0.05) is 46.6 Å². The number of fused-ring (bicyclic) bond motifs is 1. The molecule has 3 rings (SSSR count). The molecule has 160 valence electrons. The molecule has 2 unspecified atom stereocenters. The summed E-state index contributed by atoms with van der Waals surface area (Å²) in [5.41, 5.74) is 1.79. The Labute approximate surface area is 184 Å². The highest BCUT2D eigenvalue weighted by Crippen LogP contribution is 2.46. The zero-order valence-corrected chi connectivity index (χ0v) is 18.3. The number of carbonyl (C=O) groups is 2. The highest BCUT2D eigenvalue weighted by molar-refractivity contribution is 7.99. The molecule has 0 spiro atoms. The molecule has 1 aliphatic heterocycles. The molecule has 0 fully saturated rings. The summed E-state index contributed by atoms with van der Waals surface area (Å²) in [5.74, 6) is -0.401. The number of rotatable bonds is 7. The van der Waals surface area contributed by atoms with Gasteiger partial charge in [-0.1, -0.05) is 24.6 Å². The Bertz CT molecular complexity index is 943. The Morgan fingerprint density at radius 2 is 2.17 bits per heavy atom. The van der Waals surface area contributed by atoms with Crippen LogP contribution in [0.5, 0.6) is 0 Å². The van der Waals surface area contributed by atoms with Gasteiger partial charge in [-0.3, -0.25) is 14.9 Å². The third-order valence-corrected chi connectivity index (χ3v) is 6.44. The molecular weight excluding hydrogens is 428 g/mol. The summed E-state index contributed by atoms with van der Waals surface area (Å²) in [5, 5.41) is 14.8. The maximum atomic E-state index is 13.0. The molecule has 0 saturated carbocycles. The van der Waals surface area contributed by atoms with E-state index >= 15 is 0 Å². The molecule has 2 aliphatic rings. The first kappa shape index (κ1) is 22.4. The number of halogens is 1. The average molecular weight is 451 g/mol. The van der Waals surface area contributed by atoms with Crippen LogP contribution in [-0.4, -0.2) is 34.8 Å². The number of hydrogen-bond acceptors (Lipinski definition) is 7. The number of ether oxygens (including phenoxy) is 1. The first-order chi connectivity index (χ1) is 14.3. The molecule has 0 aromatic heterocycles. The molecule has 1 aliphatic carbocycles. The van der Waals surface area contributed by atoms with E-state index in [2.05, 4.69) is 5.32 Å². The molecule has 1 heterocycles. The number of nitrogens with one attached hydrogen (secondary N) is 1. The number of nitro benzene ring substituents is 1. The molecule has 0 amide bonds. The van der Waals surface area contributed by atoms with Crippen LogP contribution in [0.25, 0.3) is 0 Å². The van der Waals surface area contributed by atoms with E-state index < -0.39 is 22.7 Å². The van der Waals surface area contributed by atoms with E-state index in [1.807, 2.05) is 13.0 Å². The van der Waals surface area contributed by atoms with Gasteiger partial charge in [0.05, 0.1) is 16.4 Å². The van der Waals surface area contributed by atoms with E-state index in [4.69, 9.17) is 16.3 Å². The van der Waals surface area contributed by atoms with Gasteiger partial charge in [0.1, 0.15) is 12.4 Å². The van der Waals surface area contributed by atoms with Gasteiger partial charge in [0.2, 0.25) is 0 Å². The smallest absolute Gasteiger partial charge is 0.336 e. The van der Waals surface area contributed by atoms with Crippen LogP contribution in [0.15, 0.2) is 41.2 Å². The van der Waals surface area contributed by atoms with Crippen molar-refractivity contribution in [1.29, 1.82) is 0 Å². The van der Waals surface area contributed by atoms with Crippen molar-refractivity contribution >= 4 is 40.8 Å². The van der Waals surface area contributed by atoms with Crippen molar-refractivity contribution in [3.05, 3.63) is 61.9 Å². The Balaban J connectivity index is 2.09. The van der Waals surface area contributed by atoms with Crippen molar-refractivity contribution in [2.24, 2.45) is 5.92 Å². The molecular formula is C21H23ClN2O5S. The fourth-order valence-corrected chi connectivity index (χ4v) is 4.64. The molecule has 0 saturated heterocycles. The summed E-state index contributed by atoms with van der Waals surface area (Å²) >= 11 is 8.08. The van der Waals surface area contributed by atoms with E-state index in [1.54, 1.807) is 18.7 Å². The summed E-state index contributed by atoms with van der Waals surface area (Å²) in [6, 6.07) is 4.10. The molecule has 30 heavy (non-hydrogen) atoms. The maximum Gasteiger partial charge on any atom is 0.336 e. The minimum absolute atomic E-state index is 0.0353. The highest BCUT2D eigenvalue weighted by Gasteiger charge is 2.44. The number of allylic oxidation sites excluding steroid dienone is 3. The van der Waals surface area contributed by atoms with Crippen LogP contribution >= 0.6 is 23.4 Å². The number of hydrogen-bond donors (Lipinski definition) is 1. The van der Waals surface area contributed by atoms with Crippen LogP contribution in [0.3, 0.4) is 0 Å². The second kappa shape index (κ2) is 9.66. The minimum atomic E-state index is -0.746. The lowest BCUT2D eigenvalue weighted by Crippen LogP contribution is -2.41. The van der Waals surface area contributed by atoms with Crippen molar-refractivity contribution in [3.63, 3.8) is 0 Å². The molecule has 2 atom stereocenters. The van der Waals surface area contributed by atoms with Gasteiger partial charge in [0.25, 0.3) is 5.69 Å². The summed E-state index contributed by atoms with van der Waals surface area (Å²) in [6.45, 7) is 4.00. The number of benzene rings is 1. The van der Waals surface area contributed by atoms with Crippen molar-refractivity contribution in [2.45, 2.75) is 32.6 Å². The van der Waals surface area contributed by atoms with Crippen molar-refractivity contribution in [3.8, 4) is 0 Å². The van der Waals surface area contributed by atoms with Gasteiger partial charge < -0.3 is 10.1 Å². The summed E-state index contributed by atoms with van der Waals surface area (Å²) < 4.78 is 5.47. The maximum absolute atomic E-state index is 13.0. The lowest BCUT2D eigenvalue weighted by Gasteiger charge is -2.38. The van der Waals surface area contributed by atoms with Gasteiger partial charge in [-0.25, -0.2) is 4.79 Å². The van der Waals surface area contributed by atoms with Gasteiger partial charge >= 0.3 is 5.97 Å². The fraction of sp³-hybridized carbons (Fsp3) is 0.429. The number of ketones is 1. The lowest BCUT2D eigenvalue weighted by molar-refractivity contribution is -0.384. The third-order valence-electron chi connectivity index (χ3n) is 5.23. The molecule has 1 N–H and O–H groups in total. The number of carbonyl (C=O) groups excluding carboxylic acids is 2. The van der Waals surface area contributed by atoms with Crippen LogP contribution < -0.4 is 5.32 Å².